The van der Waals surface area contributed by atoms with Gasteiger partial charge in [0.15, 0.2) is 0 Å². The second kappa shape index (κ2) is 6.32. The Morgan fingerprint density at radius 2 is 2.05 bits per heavy atom. The Labute approximate surface area is 120 Å². The van der Waals surface area contributed by atoms with Crippen LogP contribution in [0.4, 0.5) is 10.1 Å². The van der Waals surface area contributed by atoms with E-state index in [2.05, 4.69) is 0 Å². The largest absolute Gasteiger partial charge is 0.488 e. The van der Waals surface area contributed by atoms with E-state index in [4.69, 9.17) is 4.74 Å². The van der Waals surface area contributed by atoms with Crippen LogP contribution < -0.4 is 4.74 Å². The molecule has 0 aromatic heterocycles. The highest BCUT2D eigenvalue weighted by Crippen LogP contribution is 2.26. The van der Waals surface area contributed by atoms with Crippen LogP contribution in [-0.2, 0) is 13.2 Å². The maximum atomic E-state index is 13.2. The summed E-state index contributed by atoms with van der Waals surface area (Å²) in [6, 6.07) is 8.50. The number of benzene rings is 2. The molecule has 0 saturated carbocycles. The van der Waals surface area contributed by atoms with Gasteiger partial charge in [0, 0.05) is 11.6 Å². The van der Waals surface area contributed by atoms with Gasteiger partial charge in [-0.25, -0.2) is 4.39 Å². The van der Waals surface area contributed by atoms with Crippen LogP contribution in [0.3, 0.4) is 0 Å². The Morgan fingerprint density at radius 3 is 2.71 bits per heavy atom. The molecule has 0 aliphatic carbocycles. The molecule has 21 heavy (non-hydrogen) atoms. The summed E-state index contributed by atoms with van der Waals surface area (Å²) in [5, 5.41) is 20.2. The lowest BCUT2D eigenvalue weighted by molar-refractivity contribution is -0.385. The Hall–Kier alpha value is -2.47. The second-order valence-corrected chi connectivity index (χ2v) is 4.54. The summed E-state index contributed by atoms with van der Waals surface area (Å²) in [4.78, 5) is 10.3. The lowest BCUT2D eigenvalue weighted by Crippen LogP contribution is -2.04. The maximum Gasteiger partial charge on any atom is 0.276 e. The highest BCUT2D eigenvalue weighted by atomic mass is 19.1. The van der Waals surface area contributed by atoms with E-state index in [1.807, 2.05) is 0 Å². The first-order valence-corrected chi connectivity index (χ1v) is 6.28. The quantitative estimate of drug-likeness (QED) is 0.678. The number of aliphatic hydroxyl groups is 1. The molecule has 0 bridgehead atoms. The van der Waals surface area contributed by atoms with E-state index in [-0.39, 0.29) is 24.5 Å². The number of rotatable bonds is 5. The number of ether oxygens (including phenoxy) is 1. The molecule has 2 rings (SSSR count). The van der Waals surface area contributed by atoms with Crippen molar-refractivity contribution in [1.82, 2.24) is 0 Å². The van der Waals surface area contributed by atoms with Gasteiger partial charge < -0.3 is 9.84 Å². The van der Waals surface area contributed by atoms with Gasteiger partial charge in [0.2, 0.25) is 0 Å². The fourth-order valence-electron chi connectivity index (χ4n) is 2.04. The zero-order valence-electron chi connectivity index (χ0n) is 11.4. The molecule has 0 amide bonds. The average molecular weight is 291 g/mol. The highest BCUT2D eigenvalue weighted by molar-refractivity contribution is 5.43. The zero-order chi connectivity index (χ0) is 15.4. The molecule has 2 aromatic carbocycles. The lowest BCUT2D eigenvalue weighted by atomic mass is 10.1. The molecule has 0 heterocycles. The molecule has 2 aromatic rings. The van der Waals surface area contributed by atoms with Crippen LogP contribution in [0.2, 0.25) is 0 Å². The molecular weight excluding hydrogens is 277 g/mol. The number of nitro groups is 1. The van der Waals surface area contributed by atoms with Crippen LogP contribution in [0.1, 0.15) is 16.7 Å². The Bertz CT molecular complexity index is 673. The van der Waals surface area contributed by atoms with Crippen LogP contribution in [0.25, 0.3) is 0 Å². The van der Waals surface area contributed by atoms with E-state index >= 15 is 0 Å². The van der Waals surface area contributed by atoms with Crippen molar-refractivity contribution in [3.05, 3.63) is 69.0 Å². The van der Waals surface area contributed by atoms with Gasteiger partial charge in [-0.05, 0) is 24.6 Å². The SMILES string of the molecule is Cc1cccc(CO)c1OCc1cc(F)ccc1[N+](=O)[O-]. The van der Waals surface area contributed by atoms with Crippen molar-refractivity contribution in [2.75, 3.05) is 0 Å². The summed E-state index contributed by atoms with van der Waals surface area (Å²) >= 11 is 0. The van der Waals surface area contributed by atoms with Gasteiger partial charge in [0.1, 0.15) is 18.2 Å². The minimum atomic E-state index is -0.580. The third kappa shape index (κ3) is 3.35. The molecule has 0 aliphatic rings. The standard InChI is InChI=1S/C15H14FNO4/c1-10-3-2-4-11(8-18)15(10)21-9-12-7-13(16)5-6-14(12)17(19)20/h2-7,18H,8-9H2,1H3. The summed E-state index contributed by atoms with van der Waals surface area (Å²) in [5.74, 6) is -0.107. The molecule has 5 nitrogen and oxygen atoms in total. The number of aryl methyl sites for hydroxylation is 1. The minimum absolute atomic E-state index is 0.146. The number of halogens is 1. The van der Waals surface area contributed by atoms with Gasteiger partial charge in [0.05, 0.1) is 17.1 Å². The van der Waals surface area contributed by atoms with Gasteiger partial charge in [-0.3, -0.25) is 10.1 Å². The number of para-hydroxylation sites is 1. The van der Waals surface area contributed by atoms with Gasteiger partial charge in [-0.2, -0.15) is 0 Å². The molecule has 0 unspecified atom stereocenters. The third-order valence-electron chi connectivity index (χ3n) is 3.07. The van der Waals surface area contributed by atoms with E-state index in [9.17, 15) is 19.6 Å². The number of nitro benzene ring substituents is 1. The Morgan fingerprint density at radius 1 is 1.29 bits per heavy atom. The lowest BCUT2D eigenvalue weighted by Gasteiger charge is -2.13. The van der Waals surface area contributed by atoms with Crippen LogP contribution in [0.5, 0.6) is 5.75 Å². The van der Waals surface area contributed by atoms with Crippen molar-refractivity contribution in [2.24, 2.45) is 0 Å². The molecule has 0 radical (unpaired) electrons. The van der Waals surface area contributed by atoms with Gasteiger partial charge in [-0.15, -0.1) is 0 Å². The number of nitrogens with zero attached hydrogens (tertiary/aromatic N) is 1. The van der Waals surface area contributed by atoms with Crippen molar-refractivity contribution in [1.29, 1.82) is 0 Å². The van der Waals surface area contributed by atoms with E-state index in [1.54, 1.807) is 25.1 Å². The van der Waals surface area contributed by atoms with Crippen molar-refractivity contribution in [3.8, 4) is 5.75 Å². The predicted molar refractivity (Wildman–Crippen MR) is 74.5 cm³/mol. The molecular formula is C15H14FNO4. The molecule has 0 saturated heterocycles. The maximum absolute atomic E-state index is 13.2. The van der Waals surface area contributed by atoms with E-state index in [0.29, 0.717) is 11.3 Å². The van der Waals surface area contributed by atoms with Crippen LogP contribution in [0, 0.1) is 22.9 Å². The third-order valence-corrected chi connectivity index (χ3v) is 3.07. The van der Waals surface area contributed by atoms with Crippen LogP contribution in [-0.4, -0.2) is 10.0 Å². The summed E-state index contributed by atoms with van der Waals surface area (Å²) in [7, 11) is 0. The second-order valence-electron chi connectivity index (χ2n) is 4.54. The van der Waals surface area contributed by atoms with E-state index in [0.717, 1.165) is 23.8 Å². The monoisotopic (exact) mass is 291 g/mol. The first-order chi connectivity index (χ1) is 10.0. The Kier molecular flexibility index (Phi) is 4.49. The Balaban J connectivity index is 2.28. The van der Waals surface area contributed by atoms with E-state index in [1.165, 1.54) is 0 Å². The normalized spacial score (nSPS) is 10.4. The smallest absolute Gasteiger partial charge is 0.276 e. The predicted octanol–water partition coefficient (Wildman–Crippen LogP) is 3.11. The fraction of sp³-hybridized carbons (Fsp3) is 0.200. The van der Waals surface area contributed by atoms with Gasteiger partial charge in [0.25, 0.3) is 5.69 Å². The van der Waals surface area contributed by atoms with Crippen LogP contribution >= 0.6 is 0 Å². The van der Waals surface area contributed by atoms with Crippen molar-refractivity contribution in [3.63, 3.8) is 0 Å². The van der Waals surface area contributed by atoms with Crippen molar-refractivity contribution in [2.45, 2.75) is 20.1 Å². The molecule has 1 N–H and O–H groups in total. The molecule has 110 valence electrons. The minimum Gasteiger partial charge on any atom is -0.488 e. The average Bonchev–Trinajstić information content (AvgIpc) is 2.45. The fourth-order valence-corrected chi connectivity index (χ4v) is 2.04. The highest BCUT2D eigenvalue weighted by Gasteiger charge is 2.16. The number of aliphatic hydroxyl groups excluding tert-OH is 1. The first-order valence-electron chi connectivity index (χ1n) is 6.28. The summed E-state index contributed by atoms with van der Waals surface area (Å²) in [6.45, 7) is 1.45. The zero-order valence-corrected chi connectivity index (χ0v) is 11.4. The number of hydrogen-bond acceptors (Lipinski definition) is 4. The molecule has 0 fully saturated rings. The molecule has 0 atom stereocenters. The van der Waals surface area contributed by atoms with Crippen LogP contribution in [0.15, 0.2) is 36.4 Å². The van der Waals surface area contributed by atoms with Crippen molar-refractivity contribution >= 4 is 5.69 Å². The van der Waals surface area contributed by atoms with Gasteiger partial charge in [-0.1, -0.05) is 18.2 Å². The summed E-state index contributed by atoms with van der Waals surface area (Å²) in [5.41, 5.74) is 1.32. The topological polar surface area (TPSA) is 72.6 Å². The molecule has 0 spiro atoms. The molecule has 6 heteroatoms. The van der Waals surface area contributed by atoms with E-state index < -0.39 is 10.7 Å². The van der Waals surface area contributed by atoms with Crippen molar-refractivity contribution < 1.29 is 19.2 Å². The summed E-state index contributed by atoms with van der Waals surface area (Å²) in [6.07, 6.45) is 0. The molecule has 0 aliphatic heterocycles. The summed E-state index contributed by atoms with van der Waals surface area (Å²) < 4.78 is 18.8. The number of hydrogen-bond donors (Lipinski definition) is 1. The van der Waals surface area contributed by atoms with Gasteiger partial charge >= 0.3 is 0 Å². The first kappa shape index (κ1) is 14.9.